The number of aromatic carboxylic acids is 1. The fourth-order valence-corrected chi connectivity index (χ4v) is 4.76. The van der Waals surface area contributed by atoms with E-state index >= 15 is 0 Å². The minimum atomic E-state index is -0.993. The molecule has 5 rings (SSSR count). The van der Waals surface area contributed by atoms with Gasteiger partial charge in [0.15, 0.2) is 12.2 Å². The molecule has 1 fully saturated rings. The summed E-state index contributed by atoms with van der Waals surface area (Å²) in [5, 5.41) is 19.2. The summed E-state index contributed by atoms with van der Waals surface area (Å²) in [7, 11) is 0. The third-order valence-corrected chi connectivity index (χ3v) is 6.90. The number of carboxylic acids is 1. The van der Waals surface area contributed by atoms with E-state index in [1.165, 1.54) is 12.5 Å². The summed E-state index contributed by atoms with van der Waals surface area (Å²) in [4.78, 5) is 23.2. The summed E-state index contributed by atoms with van der Waals surface area (Å²) in [6.07, 6.45) is 1.34. The highest BCUT2D eigenvalue weighted by Crippen LogP contribution is 2.36. The summed E-state index contributed by atoms with van der Waals surface area (Å²) >= 11 is 1.12. The van der Waals surface area contributed by atoms with Crippen LogP contribution in [0.25, 0.3) is 22.6 Å². The first-order chi connectivity index (χ1) is 17.5. The molecule has 0 atom stereocenters. The van der Waals surface area contributed by atoms with E-state index in [1.807, 2.05) is 24.3 Å². The molecule has 1 N–H and O–H groups in total. The number of aryl methyl sites for hydroxylation is 1. The molecule has 0 saturated carbocycles. The van der Waals surface area contributed by atoms with E-state index in [0.29, 0.717) is 40.8 Å². The van der Waals surface area contributed by atoms with Crippen LogP contribution in [-0.4, -0.2) is 47.3 Å². The van der Waals surface area contributed by atoms with Crippen LogP contribution < -0.4 is 9.64 Å². The number of morpholine rings is 1. The summed E-state index contributed by atoms with van der Waals surface area (Å²) in [6, 6.07) is 15.3. The van der Waals surface area contributed by atoms with Crippen molar-refractivity contribution in [3.8, 4) is 34.5 Å². The summed E-state index contributed by atoms with van der Waals surface area (Å²) < 4.78 is 17.0. The van der Waals surface area contributed by atoms with Crippen LogP contribution in [0, 0.1) is 18.3 Å². The number of oxazole rings is 1. The molecule has 4 aromatic rings. The lowest BCUT2D eigenvalue weighted by Crippen LogP contribution is -2.36. The number of nitriles is 1. The lowest BCUT2D eigenvalue weighted by atomic mass is 10.0. The average molecular weight is 503 g/mol. The van der Waals surface area contributed by atoms with E-state index < -0.39 is 5.97 Å². The van der Waals surface area contributed by atoms with Crippen LogP contribution in [0.3, 0.4) is 0 Å². The Morgan fingerprint density at radius 2 is 2.00 bits per heavy atom. The van der Waals surface area contributed by atoms with Crippen molar-refractivity contribution in [3.63, 3.8) is 0 Å². The second-order valence-corrected chi connectivity index (χ2v) is 9.29. The predicted octanol–water partition coefficient (Wildman–Crippen LogP) is 4.76. The van der Waals surface area contributed by atoms with Crippen LogP contribution in [0.15, 0.2) is 53.3 Å². The van der Waals surface area contributed by atoms with Gasteiger partial charge in [-0.15, -0.1) is 11.3 Å². The van der Waals surface area contributed by atoms with E-state index in [1.54, 1.807) is 19.1 Å². The molecule has 0 radical (unpaired) electrons. The van der Waals surface area contributed by atoms with E-state index in [4.69, 9.17) is 13.9 Å². The number of hydrogen-bond donors (Lipinski definition) is 1. The van der Waals surface area contributed by atoms with Gasteiger partial charge in [0.2, 0.25) is 5.88 Å². The van der Waals surface area contributed by atoms with Crippen molar-refractivity contribution in [3.05, 3.63) is 69.9 Å². The van der Waals surface area contributed by atoms with Gasteiger partial charge >= 0.3 is 5.97 Å². The van der Waals surface area contributed by atoms with Crippen LogP contribution in [-0.2, 0) is 11.3 Å². The molecular weight excluding hydrogens is 480 g/mol. The Balaban J connectivity index is 1.51. The molecule has 0 unspecified atom stereocenters. The molecule has 1 aliphatic rings. The highest BCUT2D eigenvalue weighted by molar-refractivity contribution is 7.13. The Morgan fingerprint density at radius 3 is 2.64 bits per heavy atom. The van der Waals surface area contributed by atoms with Crippen molar-refractivity contribution in [2.24, 2.45) is 0 Å². The first-order valence-electron chi connectivity index (χ1n) is 11.3. The average Bonchev–Trinajstić information content (AvgIpc) is 3.57. The smallest absolute Gasteiger partial charge is 0.345 e. The molecule has 0 amide bonds. The first-order valence-corrected chi connectivity index (χ1v) is 12.1. The monoisotopic (exact) mass is 502 g/mol. The maximum atomic E-state index is 11.2. The number of thiophene rings is 1. The van der Waals surface area contributed by atoms with Crippen molar-refractivity contribution in [2.75, 3.05) is 31.2 Å². The molecule has 182 valence electrons. The van der Waals surface area contributed by atoms with Crippen molar-refractivity contribution in [2.45, 2.75) is 13.5 Å². The van der Waals surface area contributed by atoms with E-state index in [9.17, 15) is 15.2 Å². The maximum Gasteiger partial charge on any atom is 0.345 e. The second-order valence-electron chi connectivity index (χ2n) is 8.12. The zero-order chi connectivity index (χ0) is 25.1. The summed E-state index contributed by atoms with van der Waals surface area (Å²) in [5.41, 5.74) is 3.96. The lowest BCUT2D eigenvalue weighted by molar-refractivity contribution is 0.0702. The molecule has 1 aromatic carbocycles. The van der Waals surface area contributed by atoms with Gasteiger partial charge in [0.05, 0.1) is 24.6 Å². The van der Waals surface area contributed by atoms with Crippen LogP contribution in [0.5, 0.6) is 5.88 Å². The highest BCUT2D eigenvalue weighted by atomic mass is 32.1. The largest absolute Gasteiger partial charge is 0.477 e. The normalized spacial score (nSPS) is 13.4. The zero-order valence-corrected chi connectivity index (χ0v) is 20.2. The predicted molar refractivity (Wildman–Crippen MR) is 133 cm³/mol. The van der Waals surface area contributed by atoms with E-state index in [-0.39, 0.29) is 22.9 Å². The second kappa shape index (κ2) is 10.2. The number of pyridine rings is 1. The molecule has 3 aromatic heterocycles. The molecule has 10 heteroatoms. The van der Waals surface area contributed by atoms with Gasteiger partial charge < -0.3 is 23.9 Å². The minimum Gasteiger partial charge on any atom is -0.477 e. The lowest BCUT2D eigenvalue weighted by Gasteiger charge is -2.28. The Bertz CT molecular complexity index is 1430. The Labute approximate surface area is 211 Å². The molecule has 4 heterocycles. The first kappa shape index (κ1) is 23.5. The Morgan fingerprint density at radius 1 is 1.22 bits per heavy atom. The van der Waals surface area contributed by atoms with Gasteiger partial charge in [-0.05, 0) is 37.3 Å². The van der Waals surface area contributed by atoms with Crippen molar-refractivity contribution in [1.82, 2.24) is 9.97 Å². The van der Waals surface area contributed by atoms with Crippen molar-refractivity contribution in [1.29, 1.82) is 5.26 Å². The molecule has 36 heavy (non-hydrogen) atoms. The fourth-order valence-electron chi connectivity index (χ4n) is 4.00. The molecule has 9 nitrogen and oxygen atoms in total. The van der Waals surface area contributed by atoms with Gasteiger partial charge in [0, 0.05) is 34.8 Å². The third-order valence-electron chi connectivity index (χ3n) is 5.85. The van der Waals surface area contributed by atoms with Gasteiger partial charge in [0.1, 0.15) is 23.1 Å². The SMILES string of the molecule is Cc1ncoc1-c1cc(-c2ccc(N3CCOCC3)cc2)nc(OCc2ccc(C(=O)O)s2)c1C#N. The highest BCUT2D eigenvalue weighted by Gasteiger charge is 2.21. The topological polar surface area (TPSA) is 122 Å². The third kappa shape index (κ3) is 4.79. The minimum absolute atomic E-state index is 0.0773. The number of carbonyl (C=O) groups is 1. The number of ether oxygens (including phenoxy) is 2. The molecule has 1 saturated heterocycles. The number of carboxylic acid groups (broad SMARTS) is 1. The van der Waals surface area contributed by atoms with Gasteiger partial charge in [-0.2, -0.15) is 5.26 Å². The fraction of sp³-hybridized carbons (Fsp3) is 0.231. The van der Waals surface area contributed by atoms with Gasteiger partial charge in [-0.25, -0.2) is 14.8 Å². The Hall–Kier alpha value is -4.20. The molecule has 0 spiro atoms. The van der Waals surface area contributed by atoms with Crippen molar-refractivity contribution < 1.29 is 23.8 Å². The molecule has 0 aliphatic carbocycles. The number of rotatable bonds is 7. The maximum absolute atomic E-state index is 11.2. The van der Waals surface area contributed by atoms with Gasteiger partial charge in [-0.3, -0.25) is 0 Å². The molecule has 0 bridgehead atoms. The van der Waals surface area contributed by atoms with Crippen LogP contribution in [0.2, 0.25) is 0 Å². The summed E-state index contributed by atoms with van der Waals surface area (Å²) in [6.45, 7) is 4.97. The Kier molecular flexibility index (Phi) is 6.66. The van der Waals surface area contributed by atoms with Gasteiger partial charge in [0.25, 0.3) is 0 Å². The number of hydrogen-bond acceptors (Lipinski definition) is 9. The molecular formula is C26H22N4O5S. The number of aromatic nitrogens is 2. The number of benzene rings is 1. The number of nitrogens with zero attached hydrogens (tertiary/aromatic N) is 4. The van der Waals surface area contributed by atoms with E-state index in [0.717, 1.165) is 35.7 Å². The molecule has 1 aliphatic heterocycles. The quantitative estimate of drug-likeness (QED) is 0.381. The van der Waals surface area contributed by atoms with Gasteiger partial charge in [-0.1, -0.05) is 12.1 Å². The number of anilines is 1. The van der Waals surface area contributed by atoms with Crippen molar-refractivity contribution >= 4 is 23.0 Å². The standard InChI is InChI=1S/C26H22N4O5S/c1-16-24(35-15-28-16)20-12-22(17-2-4-18(5-3-17)30-8-10-33-11-9-30)29-25(21(20)13-27)34-14-19-6-7-23(36-19)26(31)32/h2-7,12,15H,8-11,14H2,1H3,(H,31,32). The zero-order valence-electron chi connectivity index (χ0n) is 19.4. The van der Waals surface area contributed by atoms with Crippen LogP contribution in [0.1, 0.15) is 25.8 Å². The summed E-state index contributed by atoms with van der Waals surface area (Å²) in [5.74, 6) is -0.384. The van der Waals surface area contributed by atoms with Crippen LogP contribution >= 0.6 is 11.3 Å². The van der Waals surface area contributed by atoms with Crippen LogP contribution in [0.4, 0.5) is 5.69 Å². The van der Waals surface area contributed by atoms with E-state index in [2.05, 4.69) is 20.9 Å².